The third kappa shape index (κ3) is 4.79. The van der Waals surface area contributed by atoms with Gasteiger partial charge in [0.25, 0.3) is 5.91 Å². The van der Waals surface area contributed by atoms with Crippen LogP contribution in [0.25, 0.3) is 11.5 Å². The van der Waals surface area contributed by atoms with Gasteiger partial charge in [0.05, 0.1) is 0 Å². The number of hydrogen-bond acceptors (Lipinski definition) is 6. The molecule has 0 radical (unpaired) electrons. The van der Waals surface area contributed by atoms with Crippen LogP contribution in [0.3, 0.4) is 0 Å². The molecule has 1 aromatic carbocycles. The zero-order valence-corrected chi connectivity index (χ0v) is 17.0. The highest BCUT2D eigenvalue weighted by atomic mass is 16.1. The summed E-state index contributed by atoms with van der Waals surface area (Å²) < 4.78 is 1.92. The Morgan fingerprint density at radius 3 is 2.65 bits per heavy atom. The molecule has 0 aliphatic rings. The number of nitrogens with zero attached hydrogens (tertiary/aromatic N) is 6. The molecular formula is C23H19N7O. The summed E-state index contributed by atoms with van der Waals surface area (Å²) in [6.07, 6.45) is 4.93. The molecule has 0 saturated carbocycles. The van der Waals surface area contributed by atoms with Crippen molar-refractivity contribution in [1.82, 2.24) is 29.7 Å². The molecule has 3 heterocycles. The van der Waals surface area contributed by atoms with Gasteiger partial charge < -0.3 is 9.88 Å². The minimum absolute atomic E-state index is 0.190. The molecule has 0 saturated heterocycles. The van der Waals surface area contributed by atoms with E-state index in [1.165, 1.54) is 0 Å². The average molecular weight is 409 g/mol. The van der Waals surface area contributed by atoms with Crippen LogP contribution in [-0.2, 0) is 0 Å². The maximum Gasteiger partial charge on any atom is 0.256 e. The topological polar surface area (TPSA) is 98.5 Å². The second kappa shape index (κ2) is 8.97. The fraction of sp³-hybridized carbons (Fsp3) is 0.130. The second-order valence-electron chi connectivity index (χ2n) is 6.92. The van der Waals surface area contributed by atoms with Gasteiger partial charge in [-0.05, 0) is 56.2 Å². The molecular weight excluding hydrogens is 390 g/mol. The molecule has 1 N–H and O–H groups in total. The first kappa shape index (κ1) is 19.9. The van der Waals surface area contributed by atoms with Crippen molar-refractivity contribution in [3.05, 3.63) is 84.2 Å². The van der Waals surface area contributed by atoms with Crippen molar-refractivity contribution >= 4 is 11.7 Å². The Bertz CT molecular complexity index is 1270. The monoisotopic (exact) mass is 409 g/mol. The zero-order chi connectivity index (χ0) is 21.6. The van der Waals surface area contributed by atoms with Crippen LogP contribution in [-0.4, -0.2) is 35.6 Å². The van der Waals surface area contributed by atoms with E-state index in [2.05, 4.69) is 42.3 Å². The lowest BCUT2D eigenvalue weighted by molar-refractivity contribution is 0.102. The van der Waals surface area contributed by atoms with E-state index in [4.69, 9.17) is 0 Å². The molecule has 1 amide bonds. The van der Waals surface area contributed by atoms with E-state index < -0.39 is 0 Å². The number of carbonyl (C=O) groups excluding carboxylic acids is 1. The minimum atomic E-state index is -0.283. The van der Waals surface area contributed by atoms with Crippen LogP contribution in [0.2, 0.25) is 0 Å². The maximum absolute atomic E-state index is 12.8. The van der Waals surface area contributed by atoms with Crippen LogP contribution >= 0.6 is 0 Å². The number of benzene rings is 1. The normalized spacial score (nSPS) is 10.4. The number of rotatable bonds is 4. The minimum Gasteiger partial charge on any atom is -0.310 e. The summed E-state index contributed by atoms with van der Waals surface area (Å²) in [4.78, 5) is 25.4. The van der Waals surface area contributed by atoms with Gasteiger partial charge in [-0.2, -0.15) is 0 Å². The summed E-state index contributed by atoms with van der Waals surface area (Å²) in [5.41, 5.74) is 1.79. The van der Waals surface area contributed by atoms with Gasteiger partial charge in [0.2, 0.25) is 5.82 Å². The molecule has 0 spiro atoms. The van der Waals surface area contributed by atoms with Crippen molar-refractivity contribution in [2.45, 2.75) is 19.9 Å². The number of carbonyl (C=O) groups is 1. The molecule has 0 unspecified atom stereocenters. The van der Waals surface area contributed by atoms with Gasteiger partial charge in [0.1, 0.15) is 17.8 Å². The molecule has 8 nitrogen and oxygen atoms in total. The van der Waals surface area contributed by atoms with E-state index in [1.54, 1.807) is 49.1 Å². The lowest BCUT2D eigenvalue weighted by Gasteiger charge is -2.10. The molecule has 4 rings (SSSR count). The van der Waals surface area contributed by atoms with Crippen LogP contribution in [0.15, 0.2) is 67.3 Å². The lowest BCUT2D eigenvalue weighted by atomic mass is 10.1. The summed E-state index contributed by atoms with van der Waals surface area (Å²) >= 11 is 0. The number of nitrogens with one attached hydrogen (secondary N) is 1. The van der Waals surface area contributed by atoms with Gasteiger partial charge in [-0.3, -0.25) is 4.79 Å². The summed E-state index contributed by atoms with van der Waals surface area (Å²) in [5.74, 6) is 7.07. The van der Waals surface area contributed by atoms with E-state index in [-0.39, 0.29) is 11.9 Å². The predicted molar refractivity (Wildman–Crippen MR) is 116 cm³/mol. The van der Waals surface area contributed by atoms with E-state index in [0.29, 0.717) is 34.3 Å². The first-order valence-corrected chi connectivity index (χ1v) is 9.67. The molecule has 0 fully saturated rings. The molecule has 3 aromatic heterocycles. The maximum atomic E-state index is 12.8. The molecule has 4 aromatic rings. The average Bonchev–Trinajstić information content (AvgIpc) is 3.29. The number of aromatic nitrogens is 6. The van der Waals surface area contributed by atoms with Crippen LogP contribution < -0.4 is 5.32 Å². The Kier molecular flexibility index (Phi) is 5.76. The SMILES string of the molecule is CC(C)n1cnnc1-c1cccc(NC(=O)c2cccc(C#Cc3ncccn3)c2)n1. The van der Waals surface area contributed by atoms with Crippen molar-refractivity contribution in [1.29, 1.82) is 0 Å². The van der Waals surface area contributed by atoms with E-state index >= 15 is 0 Å². The summed E-state index contributed by atoms with van der Waals surface area (Å²) in [5, 5.41) is 11.0. The van der Waals surface area contributed by atoms with Crippen LogP contribution in [0.1, 0.15) is 41.6 Å². The van der Waals surface area contributed by atoms with E-state index in [0.717, 1.165) is 0 Å². The molecule has 0 aliphatic carbocycles. The Balaban J connectivity index is 1.53. The Labute approximate surface area is 179 Å². The van der Waals surface area contributed by atoms with E-state index in [1.807, 2.05) is 36.6 Å². The highest BCUT2D eigenvalue weighted by Crippen LogP contribution is 2.20. The van der Waals surface area contributed by atoms with Crippen molar-refractivity contribution in [2.75, 3.05) is 5.32 Å². The quantitative estimate of drug-likeness (QED) is 0.519. The van der Waals surface area contributed by atoms with E-state index in [9.17, 15) is 4.79 Å². The second-order valence-corrected chi connectivity index (χ2v) is 6.92. The first-order valence-electron chi connectivity index (χ1n) is 9.67. The molecule has 0 aliphatic heterocycles. The molecule has 0 atom stereocenters. The standard InChI is InChI=1S/C23H19N7O/c1-16(2)30-15-26-29-22(30)19-8-4-9-21(27-19)28-23(31)18-7-3-6-17(14-18)10-11-20-24-12-5-13-25-20/h3-9,12-16H,1-2H3,(H,27,28,31). The first-order chi connectivity index (χ1) is 15.1. The van der Waals surface area contributed by atoms with Gasteiger partial charge in [0.15, 0.2) is 5.82 Å². The van der Waals surface area contributed by atoms with Crippen molar-refractivity contribution in [2.24, 2.45) is 0 Å². The summed E-state index contributed by atoms with van der Waals surface area (Å²) in [7, 11) is 0. The number of amides is 1. The molecule has 8 heteroatoms. The fourth-order valence-electron chi connectivity index (χ4n) is 2.85. The third-order valence-electron chi connectivity index (χ3n) is 4.36. The van der Waals surface area contributed by atoms with Crippen LogP contribution in [0, 0.1) is 11.8 Å². The zero-order valence-electron chi connectivity index (χ0n) is 17.0. The smallest absolute Gasteiger partial charge is 0.256 e. The summed E-state index contributed by atoms with van der Waals surface area (Å²) in [6.45, 7) is 4.08. The third-order valence-corrected chi connectivity index (χ3v) is 4.36. The van der Waals surface area contributed by atoms with Crippen molar-refractivity contribution in [3.8, 4) is 23.4 Å². The highest BCUT2D eigenvalue weighted by Gasteiger charge is 2.13. The van der Waals surface area contributed by atoms with Gasteiger partial charge in [0, 0.05) is 29.6 Å². The Morgan fingerprint density at radius 2 is 1.84 bits per heavy atom. The predicted octanol–water partition coefficient (Wildman–Crippen LogP) is 3.36. The van der Waals surface area contributed by atoms with Gasteiger partial charge in [-0.1, -0.05) is 18.1 Å². The molecule has 31 heavy (non-hydrogen) atoms. The number of hydrogen-bond donors (Lipinski definition) is 1. The lowest BCUT2D eigenvalue weighted by Crippen LogP contribution is -2.13. The van der Waals surface area contributed by atoms with Crippen molar-refractivity contribution in [3.63, 3.8) is 0 Å². The largest absolute Gasteiger partial charge is 0.310 e. The number of anilines is 1. The summed E-state index contributed by atoms with van der Waals surface area (Å²) in [6, 6.07) is 14.3. The fourth-order valence-corrected chi connectivity index (χ4v) is 2.85. The van der Waals surface area contributed by atoms with Crippen LogP contribution in [0.5, 0.6) is 0 Å². The highest BCUT2D eigenvalue weighted by molar-refractivity contribution is 6.04. The Morgan fingerprint density at radius 1 is 1.03 bits per heavy atom. The van der Waals surface area contributed by atoms with Gasteiger partial charge in [-0.15, -0.1) is 10.2 Å². The van der Waals surface area contributed by atoms with Crippen LogP contribution in [0.4, 0.5) is 5.82 Å². The number of pyridine rings is 1. The molecule has 0 bridgehead atoms. The Hall–Kier alpha value is -4.38. The van der Waals surface area contributed by atoms with Gasteiger partial charge >= 0.3 is 0 Å². The van der Waals surface area contributed by atoms with Gasteiger partial charge in [-0.25, -0.2) is 15.0 Å². The molecule has 152 valence electrons. The van der Waals surface area contributed by atoms with Crippen molar-refractivity contribution < 1.29 is 4.79 Å².